The van der Waals surface area contributed by atoms with Gasteiger partial charge in [-0.3, -0.25) is 14.9 Å². The van der Waals surface area contributed by atoms with Crippen LogP contribution in [0.4, 0.5) is 15.8 Å². The molecule has 170 valence electrons. The number of halogens is 2. The Morgan fingerprint density at radius 3 is 2.67 bits per heavy atom. The van der Waals surface area contributed by atoms with Crippen LogP contribution in [0.15, 0.2) is 65.1 Å². The smallest absolute Gasteiger partial charge is 0.271 e. The second kappa shape index (κ2) is 10.7. The van der Waals surface area contributed by atoms with Gasteiger partial charge in [0.1, 0.15) is 12.4 Å². The first-order valence-corrected chi connectivity index (χ1v) is 10.6. The third-order valence-corrected chi connectivity index (χ3v) is 5.29. The molecule has 7 nitrogen and oxygen atoms in total. The van der Waals surface area contributed by atoms with Crippen LogP contribution in [-0.4, -0.2) is 17.9 Å². The fraction of sp³-hybridized carbons (Fsp3) is 0.125. The fourth-order valence-corrected chi connectivity index (χ4v) is 3.52. The molecule has 1 amide bonds. The number of carbonyl (C=O) groups excluding carboxylic acids is 1. The van der Waals surface area contributed by atoms with Crippen molar-refractivity contribution in [2.24, 2.45) is 0 Å². The standard InChI is InChI=1S/C24H20BrFN2O5/c1-15-7-9-18(28(30)31)13-21(15)27-23(29)10-8-16-11-19(25)24(22(12-16)32-2)33-14-17-5-3-4-6-20(17)26/h3-13H,14H2,1-2H3,(H,27,29)/b10-8+. The summed E-state index contributed by atoms with van der Waals surface area (Å²) in [6, 6.07) is 14.0. The van der Waals surface area contributed by atoms with E-state index in [9.17, 15) is 19.3 Å². The molecule has 9 heteroatoms. The van der Waals surface area contributed by atoms with E-state index in [1.54, 1.807) is 49.4 Å². The molecule has 0 aliphatic heterocycles. The number of aryl methyl sites for hydroxylation is 1. The molecule has 0 spiro atoms. The van der Waals surface area contributed by atoms with E-state index < -0.39 is 10.8 Å². The molecule has 0 aliphatic rings. The molecule has 0 aliphatic carbocycles. The van der Waals surface area contributed by atoms with Crippen molar-refractivity contribution >= 4 is 39.3 Å². The first-order chi connectivity index (χ1) is 15.8. The summed E-state index contributed by atoms with van der Waals surface area (Å²) in [5.74, 6) is -0.0180. The molecule has 0 bridgehead atoms. The first kappa shape index (κ1) is 23.9. The Labute approximate surface area is 198 Å². The van der Waals surface area contributed by atoms with Crippen LogP contribution in [0.1, 0.15) is 16.7 Å². The van der Waals surface area contributed by atoms with E-state index in [0.29, 0.717) is 38.3 Å². The number of nitro benzene ring substituents is 1. The molecule has 0 fully saturated rings. The number of hydrogen-bond donors (Lipinski definition) is 1. The van der Waals surface area contributed by atoms with Gasteiger partial charge in [0.05, 0.1) is 22.2 Å². The summed E-state index contributed by atoms with van der Waals surface area (Å²) in [6.07, 6.45) is 2.87. The van der Waals surface area contributed by atoms with Gasteiger partial charge in [0.2, 0.25) is 5.91 Å². The number of carbonyl (C=O) groups is 1. The number of benzene rings is 3. The zero-order chi connectivity index (χ0) is 24.0. The van der Waals surface area contributed by atoms with Crippen LogP contribution >= 0.6 is 15.9 Å². The largest absolute Gasteiger partial charge is 0.493 e. The summed E-state index contributed by atoms with van der Waals surface area (Å²) in [7, 11) is 1.48. The van der Waals surface area contributed by atoms with Gasteiger partial charge in [-0.15, -0.1) is 0 Å². The molecule has 3 aromatic carbocycles. The molecular formula is C24H20BrFN2O5. The maximum absolute atomic E-state index is 13.9. The predicted molar refractivity (Wildman–Crippen MR) is 127 cm³/mol. The van der Waals surface area contributed by atoms with Crippen molar-refractivity contribution in [1.82, 2.24) is 0 Å². The molecular weight excluding hydrogens is 495 g/mol. The summed E-state index contributed by atoms with van der Waals surface area (Å²) in [5, 5.41) is 13.6. The molecule has 0 radical (unpaired) electrons. The van der Waals surface area contributed by atoms with Gasteiger partial charge >= 0.3 is 0 Å². The van der Waals surface area contributed by atoms with E-state index in [1.807, 2.05) is 0 Å². The maximum Gasteiger partial charge on any atom is 0.271 e. The Hall–Kier alpha value is -3.72. The molecule has 1 N–H and O–H groups in total. The van der Waals surface area contributed by atoms with Crippen LogP contribution in [-0.2, 0) is 11.4 Å². The van der Waals surface area contributed by atoms with E-state index in [-0.39, 0.29) is 18.1 Å². The monoisotopic (exact) mass is 514 g/mol. The first-order valence-electron chi connectivity index (χ1n) is 9.76. The third kappa shape index (κ3) is 6.17. The zero-order valence-corrected chi connectivity index (χ0v) is 19.4. The number of anilines is 1. The average Bonchev–Trinajstić information content (AvgIpc) is 2.79. The van der Waals surface area contributed by atoms with Crippen molar-refractivity contribution in [3.05, 3.63) is 97.8 Å². The van der Waals surface area contributed by atoms with Crippen molar-refractivity contribution in [2.75, 3.05) is 12.4 Å². The van der Waals surface area contributed by atoms with Crippen LogP contribution in [0.2, 0.25) is 0 Å². The van der Waals surface area contributed by atoms with Gasteiger partial charge in [-0.05, 0) is 58.3 Å². The number of ether oxygens (including phenoxy) is 2. The van der Waals surface area contributed by atoms with Crippen LogP contribution < -0.4 is 14.8 Å². The molecule has 0 unspecified atom stereocenters. The Morgan fingerprint density at radius 1 is 1.21 bits per heavy atom. The quantitative estimate of drug-likeness (QED) is 0.224. The minimum absolute atomic E-state index is 0.0157. The highest BCUT2D eigenvalue weighted by molar-refractivity contribution is 9.10. The Balaban J connectivity index is 1.74. The van der Waals surface area contributed by atoms with Gasteiger partial charge in [0.15, 0.2) is 11.5 Å². The number of nitrogens with one attached hydrogen (secondary N) is 1. The van der Waals surface area contributed by atoms with Crippen molar-refractivity contribution in [3.63, 3.8) is 0 Å². The molecule has 0 aromatic heterocycles. The van der Waals surface area contributed by atoms with Crippen molar-refractivity contribution in [1.29, 1.82) is 0 Å². The van der Waals surface area contributed by atoms with Crippen LogP contribution in [0.5, 0.6) is 11.5 Å². The number of non-ortho nitro benzene ring substituents is 1. The summed E-state index contributed by atoms with van der Waals surface area (Å²) >= 11 is 3.43. The molecule has 3 aromatic rings. The molecule has 0 atom stereocenters. The van der Waals surface area contributed by atoms with E-state index in [0.717, 1.165) is 0 Å². The highest BCUT2D eigenvalue weighted by Gasteiger charge is 2.13. The Morgan fingerprint density at radius 2 is 1.97 bits per heavy atom. The molecule has 0 heterocycles. The lowest BCUT2D eigenvalue weighted by Crippen LogP contribution is -2.09. The van der Waals surface area contributed by atoms with Crippen LogP contribution in [0.3, 0.4) is 0 Å². The summed E-state index contributed by atoms with van der Waals surface area (Å²) in [6.45, 7) is 1.76. The van der Waals surface area contributed by atoms with E-state index in [2.05, 4.69) is 21.2 Å². The predicted octanol–water partition coefficient (Wildman–Crippen LogP) is 6.04. The molecule has 0 saturated carbocycles. The third-order valence-electron chi connectivity index (χ3n) is 4.70. The number of nitro groups is 1. The van der Waals surface area contributed by atoms with E-state index in [1.165, 1.54) is 31.4 Å². The van der Waals surface area contributed by atoms with Gasteiger partial charge in [-0.25, -0.2) is 4.39 Å². The topological polar surface area (TPSA) is 90.7 Å². The van der Waals surface area contributed by atoms with Gasteiger partial charge in [-0.2, -0.15) is 0 Å². The van der Waals surface area contributed by atoms with Crippen LogP contribution in [0, 0.1) is 22.9 Å². The molecule has 33 heavy (non-hydrogen) atoms. The maximum atomic E-state index is 13.9. The van der Waals surface area contributed by atoms with E-state index >= 15 is 0 Å². The highest BCUT2D eigenvalue weighted by Crippen LogP contribution is 2.37. The minimum Gasteiger partial charge on any atom is -0.493 e. The van der Waals surface area contributed by atoms with Crippen molar-refractivity contribution in [3.8, 4) is 11.5 Å². The summed E-state index contributed by atoms with van der Waals surface area (Å²) in [4.78, 5) is 22.8. The Kier molecular flexibility index (Phi) is 7.78. The number of rotatable bonds is 8. The summed E-state index contributed by atoms with van der Waals surface area (Å²) in [5.41, 5.74) is 1.99. The highest BCUT2D eigenvalue weighted by atomic mass is 79.9. The SMILES string of the molecule is COc1cc(/C=C/C(=O)Nc2cc([N+](=O)[O-])ccc2C)cc(Br)c1OCc1ccccc1F. The van der Waals surface area contributed by atoms with Crippen LogP contribution in [0.25, 0.3) is 6.08 Å². The van der Waals surface area contributed by atoms with Gasteiger partial charge in [-0.1, -0.05) is 24.3 Å². The molecule has 0 saturated heterocycles. The molecule has 3 rings (SSSR count). The van der Waals surface area contributed by atoms with Crippen molar-refractivity contribution in [2.45, 2.75) is 13.5 Å². The lowest BCUT2D eigenvalue weighted by Gasteiger charge is -2.14. The number of methoxy groups -OCH3 is 1. The second-order valence-corrected chi connectivity index (χ2v) is 7.85. The minimum atomic E-state index is -0.523. The van der Waals surface area contributed by atoms with E-state index in [4.69, 9.17) is 9.47 Å². The second-order valence-electron chi connectivity index (χ2n) is 6.99. The number of nitrogens with zero attached hydrogens (tertiary/aromatic N) is 1. The lowest BCUT2D eigenvalue weighted by molar-refractivity contribution is -0.384. The van der Waals surface area contributed by atoms with Gasteiger partial charge in [0, 0.05) is 23.8 Å². The van der Waals surface area contributed by atoms with Crippen molar-refractivity contribution < 1.29 is 23.6 Å². The van der Waals surface area contributed by atoms with Gasteiger partial charge < -0.3 is 14.8 Å². The number of amides is 1. The number of hydrogen-bond acceptors (Lipinski definition) is 5. The van der Waals surface area contributed by atoms with Gasteiger partial charge in [0.25, 0.3) is 5.69 Å². The fourth-order valence-electron chi connectivity index (χ4n) is 2.95. The lowest BCUT2D eigenvalue weighted by atomic mass is 10.1. The summed E-state index contributed by atoms with van der Waals surface area (Å²) < 4.78 is 25.6. The normalized spacial score (nSPS) is 10.8. The average molecular weight is 515 g/mol. The Bertz CT molecular complexity index is 1230. The zero-order valence-electron chi connectivity index (χ0n) is 17.8.